The Morgan fingerprint density at radius 3 is 2.80 bits per heavy atom. The van der Waals surface area contributed by atoms with Crippen molar-refractivity contribution in [3.63, 3.8) is 0 Å². The summed E-state index contributed by atoms with van der Waals surface area (Å²) >= 11 is 0. The number of benzene rings is 1. The lowest BCUT2D eigenvalue weighted by molar-refractivity contribution is 0.0591. The number of fused-ring (bicyclic) bond motifs is 3. The Morgan fingerprint density at radius 2 is 2.15 bits per heavy atom. The zero-order valence-corrected chi connectivity index (χ0v) is 11.2. The highest BCUT2D eigenvalue weighted by molar-refractivity contribution is 6.00. The molecule has 0 saturated heterocycles. The van der Waals surface area contributed by atoms with Crippen LogP contribution in [0.2, 0.25) is 0 Å². The molecule has 2 heterocycles. The standard InChI is InChI=1S/C13H14N2O5/c1-15-8-5-7(13(17)18-2)11-12(20-4-3-19-11)10(8)14-9(15)6-16/h5,16H,3-4,6H2,1-2H3. The Labute approximate surface area is 114 Å². The summed E-state index contributed by atoms with van der Waals surface area (Å²) in [6.07, 6.45) is 0. The van der Waals surface area contributed by atoms with Crippen molar-refractivity contribution in [3.8, 4) is 11.5 Å². The van der Waals surface area contributed by atoms with E-state index in [1.54, 1.807) is 17.7 Å². The molecule has 0 saturated carbocycles. The smallest absolute Gasteiger partial charge is 0.341 e. The Hall–Kier alpha value is -2.28. The third-order valence-electron chi connectivity index (χ3n) is 3.30. The van der Waals surface area contributed by atoms with Gasteiger partial charge in [0.2, 0.25) is 0 Å². The molecule has 20 heavy (non-hydrogen) atoms. The fourth-order valence-corrected chi connectivity index (χ4v) is 2.29. The van der Waals surface area contributed by atoms with Gasteiger partial charge in [0, 0.05) is 7.05 Å². The van der Waals surface area contributed by atoms with Gasteiger partial charge in [0.15, 0.2) is 11.5 Å². The van der Waals surface area contributed by atoms with Gasteiger partial charge in [-0.15, -0.1) is 0 Å². The van der Waals surface area contributed by atoms with Crippen molar-refractivity contribution in [3.05, 3.63) is 17.5 Å². The predicted molar refractivity (Wildman–Crippen MR) is 69.0 cm³/mol. The number of esters is 1. The average molecular weight is 278 g/mol. The van der Waals surface area contributed by atoms with Gasteiger partial charge < -0.3 is 23.9 Å². The van der Waals surface area contributed by atoms with Gasteiger partial charge in [-0.2, -0.15) is 0 Å². The first-order valence-corrected chi connectivity index (χ1v) is 6.14. The van der Waals surface area contributed by atoms with Crippen LogP contribution in [-0.2, 0) is 18.4 Å². The third kappa shape index (κ3) is 1.70. The largest absolute Gasteiger partial charge is 0.485 e. The normalized spacial score (nSPS) is 13.6. The Balaban J connectivity index is 2.35. The van der Waals surface area contributed by atoms with Crippen LogP contribution in [0.5, 0.6) is 11.5 Å². The highest BCUT2D eigenvalue weighted by atomic mass is 16.6. The van der Waals surface area contributed by atoms with E-state index in [9.17, 15) is 9.90 Å². The first-order chi connectivity index (χ1) is 9.67. The van der Waals surface area contributed by atoms with E-state index in [0.717, 1.165) is 0 Å². The summed E-state index contributed by atoms with van der Waals surface area (Å²) in [5.74, 6) is 0.751. The van der Waals surface area contributed by atoms with Crippen molar-refractivity contribution >= 4 is 17.0 Å². The highest BCUT2D eigenvalue weighted by Crippen LogP contribution is 2.40. The molecule has 3 rings (SSSR count). The molecule has 7 nitrogen and oxygen atoms in total. The van der Waals surface area contributed by atoms with E-state index in [1.165, 1.54) is 7.11 Å². The van der Waals surface area contributed by atoms with E-state index in [-0.39, 0.29) is 6.61 Å². The number of aryl methyl sites for hydroxylation is 1. The molecule has 0 unspecified atom stereocenters. The number of aliphatic hydroxyl groups excluding tert-OH is 1. The summed E-state index contributed by atoms with van der Waals surface area (Å²) in [7, 11) is 3.07. The van der Waals surface area contributed by atoms with Gasteiger partial charge in [0.05, 0.1) is 12.6 Å². The molecule has 1 aliphatic heterocycles. The van der Waals surface area contributed by atoms with Crippen LogP contribution in [-0.4, -0.2) is 41.0 Å². The van der Waals surface area contributed by atoms with Crippen LogP contribution in [0, 0.1) is 0 Å². The van der Waals surface area contributed by atoms with Gasteiger partial charge in [0.25, 0.3) is 0 Å². The molecule has 1 aliphatic rings. The summed E-state index contributed by atoms with van der Waals surface area (Å²) < 4.78 is 17.6. The third-order valence-corrected chi connectivity index (χ3v) is 3.30. The molecule has 0 amide bonds. The molecule has 2 aromatic rings. The first kappa shape index (κ1) is 12.7. The number of carbonyl (C=O) groups excluding carboxylic acids is 1. The van der Waals surface area contributed by atoms with E-state index >= 15 is 0 Å². The number of imidazole rings is 1. The number of hydrogen-bond donors (Lipinski definition) is 1. The quantitative estimate of drug-likeness (QED) is 0.811. The van der Waals surface area contributed by atoms with E-state index in [2.05, 4.69) is 4.98 Å². The first-order valence-electron chi connectivity index (χ1n) is 6.14. The van der Waals surface area contributed by atoms with Gasteiger partial charge in [-0.1, -0.05) is 0 Å². The number of hydrogen-bond acceptors (Lipinski definition) is 6. The number of rotatable bonds is 2. The number of aromatic nitrogens is 2. The van der Waals surface area contributed by atoms with E-state index in [0.29, 0.717) is 47.1 Å². The van der Waals surface area contributed by atoms with Crippen LogP contribution >= 0.6 is 0 Å². The van der Waals surface area contributed by atoms with Crippen molar-refractivity contribution in [1.82, 2.24) is 9.55 Å². The second-order valence-electron chi connectivity index (χ2n) is 4.38. The molecule has 0 aliphatic carbocycles. The lowest BCUT2D eigenvalue weighted by Gasteiger charge is -2.20. The highest BCUT2D eigenvalue weighted by Gasteiger charge is 2.27. The molecular weight excluding hydrogens is 264 g/mol. The summed E-state index contributed by atoms with van der Waals surface area (Å²) in [6.45, 7) is 0.550. The zero-order chi connectivity index (χ0) is 14.3. The minimum absolute atomic E-state index is 0.200. The fraction of sp³-hybridized carbons (Fsp3) is 0.385. The van der Waals surface area contributed by atoms with Crippen LogP contribution in [0.1, 0.15) is 16.2 Å². The summed E-state index contributed by atoms with van der Waals surface area (Å²) in [5, 5.41) is 9.30. The van der Waals surface area contributed by atoms with Crippen LogP contribution in [0.15, 0.2) is 6.07 Å². The summed E-state index contributed by atoms with van der Waals surface area (Å²) in [6, 6.07) is 1.64. The van der Waals surface area contributed by atoms with Gasteiger partial charge >= 0.3 is 5.97 Å². The minimum Gasteiger partial charge on any atom is -0.485 e. The second-order valence-corrected chi connectivity index (χ2v) is 4.38. The molecule has 1 aromatic carbocycles. The molecule has 0 radical (unpaired) electrons. The summed E-state index contributed by atoms with van der Waals surface area (Å²) in [5.41, 5.74) is 1.54. The molecule has 1 N–H and O–H groups in total. The number of nitrogens with zero attached hydrogens (tertiary/aromatic N) is 2. The van der Waals surface area contributed by atoms with Gasteiger partial charge in [-0.25, -0.2) is 9.78 Å². The Kier molecular flexibility index (Phi) is 2.98. The maximum absolute atomic E-state index is 11.9. The molecule has 0 spiro atoms. The second kappa shape index (κ2) is 4.68. The van der Waals surface area contributed by atoms with E-state index < -0.39 is 5.97 Å². The molecule has 0 atom stereocenters. The Bertz CT molecular complexity index is 692. The topological polar surface area (TPSA) is 82.8 Å². The van der Waals surface area contributed by atoms with Crippen molar-refractivity contribution < 1.29 is 24.1 Å². The Morgan fingerprint density at radius 1 is 1.45 bits per heavy atom. The number of methoxy groups -OCH3 is 1. The predicted octanol–water partition coefficient (Wildman–Crippen LogP) is 0.623. The van der Waals surface area contributed by atoms with Gasteiger partial charge in [-0.3, -0.25) is 0 Å². The minimum atomic E-state index is -0.500. The lowest BCUT2D eigenvalue weighted by Crippen LogP contribution is -2.18. The van der Waals surface area contributed by atoms with Gasteiger partial charge in [0.1, 0.15) is 36.7 Å². The van der Waals surface area contributed by atoms with Crippen LogP contribution in [0.25, 0.3) is 11.0 Å². The molecule has 106 valence electrons. The van der Waals surface area contributed by atoms with Crippen LogP contribution in [0.4, 0.5) is 0 Å². The molecule has 0 bridgehead atoms. The molecular formula is C13H14N2O5. The number of ether oxygens (including phenoxy) is 3. The number of aliphatic hydroxyl groups is 1. The van der Waals surface area contributed by atoms with Crippen molar-refractivity contribution in [2.24, 2.45) is 7.05 Å². The lowest BCUT2D eigenvalue weighted by atomic mass is 10.1. The van der Waals surface area contributed by atoms with Crippen molar-refractivity contribution in [2.75, 3.05) is 20.3 Å². The SMILES string of the molecule is COC(=O)c1cc2c(nc(CO)n2C)c2c1OCCO2. The van der Waals surface area contributed by atoms with E-state index in [1.807, 2.05) is 0 Å². The van der Waals surface area contributed by atoms with Gasteiger partial charge in [-0.05, 0) is 6.07 Å². The zero-order valence-electron chi connectivity index (χ0n) is 11.2. The van der Waals surface area contributed by atoms with Crippen molar-refractivity contribution in [1.29, 1.82) is 0 Å². The molecule has 7 heteroatoms. The number of carbonyl (C=O) groups is 1. The van der Waals surface area contributed by atoms with Crippen LogP contribution in [0.3, 0.4) is 0 Å². The molecule has 1 aromatic heterocycles. The van der Waals surface area contributed by atoms with E-state index in [4.69, 9.17) is 14.2 Å². The monoisotopic (exact) mass is 278 g/mol. The van der Waals surface area contributed by atoms with Crippen molar-refractivity contribution in [2.45, 2.75) is 6.61 Å². The maximum atomic E-state index is 11.9. The fourth-order valence-electron chi connectivity index (χ4n) is 2.29. The average Bonchev–Trinajstić information content (AvgIpc) is 2.82. The maximum Gasteiger partial charge on any atom is 0.341 e. The van der Waals surface area contributed by atoms with Crippen LogP contribution < -0.4 is 9.47 Å². The summed E-state index contributed by atoms with van der Waals surface area (Å²) in [4.78, 5) is 16.2. The molecule has 0 fully saturated rings.